The van der Waals surface area contributed by atoms with Crippen molar-refractivity contribution in [2.24, 2.45) is 0 Å². The number of hydrogen-bond donors (Lipinski definition) is 1. The SMILES string of the molecule is O=S(=O)([O-])NF.[Li+]. The van der Waals surface area contributed by atoms with Crippen molar-refractivity contribution in [2.45, 2.75) is 0 Å². The third-order valence-electron chi connectivity index (χ3n) is 0.0945. The van der Waals surface area contributed by atoms with Gasteiger partial charge >= 0.3 is 18.9 Å². The molecular weight excluding hydrogens is 120 g/mol. The van der Waals surface area contributed by atoms with Gasteiger partial charge in [0.1, 0.15) is 0 Å². The second-order valence-corrected chi connectivity index (χ2v) is 1.59. The number of nitrogens with one attached hydrogen (secondary N) is 1. The maximum Gasteiger partial charge on any atom is 1.00 e. The van der Waals surface area contributed by atoms with E-state index in [1.807, 2.05) is 0 Å². The van der Waals surface area contributed by atoms with Crippen molar-refractivity contribution in [3.63, 3.8) is 0 Å². The number of rotatable bonds is 1. The van der Waals surface area contributed by atoms with Gasteiger partial charge in [-0.25, -0.2) is 8.42 Å². The quantitative estimate of drug-likeness (QED) is 0.218. The first-order chi connectivity index (χ1) is 2.56. The van der Waals surface area contributed by atoms with Crippen LogP contribution in [0.25, 0.3) is 0 Å². The van der Waals surface area contributed by atoms with E-state index in [9.17, 15) is 4.48 Å². The Morgan fingerprint density at radius 2 is 1.71 bits per heavy atom. The van der Waals surface area contributed by atoms with E-state index in [0.29, 0.717) is 0 Å². The van der Waals surface area contributed by atoms with Crippen LogP contribution >= 0.6 is 0 Å². The van der Waals surface area contributed by atoms with Crippen molar-refractivity contribution in [2.75, 3.05) is 0 Å². The maximum absolute atomic E-state index is 10.3. The molecule has 0 aromatic carbocycles. The topological polar surface area (TPSA) is 69.2 Å². The van der Waals surface area contributed by atoms with E-state index in [0.717, 1.165) is 0 Å². The number of halogens is 1. The predicted octanol–water partition coefficient (Wildman–Crippen LogP) is -4.08. The van der Waals surface area contributed by atoms with Gasteiger partial charge in [-0.2, -0.15) is 0 Å². The molecule has 0 heterocycles. The first-order valence-corrected chi connectivity index (χ1v) is 2.30. The molecule has 0 rings (SSSR count). The van der Waals surface area contributed by atoms with Crippen LogP contribution in [0.4, 0.5) is 4.48 Å². The molecule has 0 aliphatic rings. The summed E-state index contributed by atoms with van der Waals surface area (Å²) in [6.07, 6.45) is 0. The van der Waals surface area contributed by atoms with Crippen LogP contribution < -0.4 is 23.8 Å². The van der Waals surface area contributed by atoms with Crippen LogP contribution in [0.5, 0.6) is 0 Å². The van der Waals surface area contributed by atoms with Crippen LogP contribution in [-0.4, -0.2) is 13.0 Å². The maximum atomic E-state index is 10.3. The molecule has 7 heteroatoms. The Morgan fingerprint density at radius 3 is 1.71 bits per heavy atom. The molecule has 0 atom stereocenters. The van der Waals surface area contributed by atoms with Gasteiger partial charge in [-0.3, -0.25) is 0 Å². The molecule has 0 aromatic heterocycles. The molecule has 0 radical (unpaired) electrons. The Morgan fingerprint density at radius 1 is 1.57 bits per heavy atom. The van der Waals surface area contributed by atoms with Crippen molar-refractivity contribution in [1.82, 2.24) is 4.94 Å². The largest absolute Gasteiger partial charge is 1.00 e. The first-order valence-electron chi connectivity index (χ1n) is 0.893. The zero-order valence-electron chi connectivity index (χ0n) is 3.51. The molecule has 0 saturated heterocycles. The van der Waals surface area contributed by atoms with Crippen LogP contribution in [0.2, 0.25) is 0 Å². The number of hydrogen-bond acceptors (Lipinski definition) is 3. The average Bonchev–Trinajstić information content (AvgIpc) is 1.35. The van der Waals surface area contributed by atoms with Gasteiger partial charge in [0, 0.05) is 0 Å². The van der Waals surface area contributed by atoms with E-state index in [4.69, 9.17) is 13.0 Å². The minimum absolute atomic E-state index is 0. The van der Waals surface area contributed by atoms with Gasteiger partial charge in [0.25, 0.3) is 0 Å². The zero-order valence-corrected chi connectivity index (χ0v) is 4.33. The monoisotopic (exact) mass is 121 g/mol. The minimum atomic E-state index is -4.83. The molecule has 0 aliphatic heterocycles. The smallest absolute Gasteiger partial charge is 0.734 e. The van der Waals surface area contributed by atoms with E-state index in [1.165, 1.54) is 0 Å². The van der Waals surface area contributed by atoms with Crippen molar-refractivity contribution < 1.29 is 36.3 Å². The van der Waals surface area contributed by atoms with Gasteiger partial charge in [0.05, 0.1) is 0 Å². The molecule has 1 N–H and O–H groups in total. The van der Waals surface area contributed by atoms with Gasteiger partial charge in [-0.15, -0.1) is 4.48 Å². The van der Waals surface area contributed by atoms with Gasteiger partial charge < -0.3 is 4.55 Å². The summed E-state index contributed by atoms with van der Waals surface area (Å²) in [5.74, 6) is 0. The molecule has 0 unspecified atom stereocenters. The Hall–Kier alpha value is 0.397. The summed E-state index contributed by atoms with van der Waals surface area (Å²) in [5.41, 5.74) is 0. The summed E-state index contributed by atoms with van der Waals surface area (Å²) in [5, 5.41) is 0. The molecule has 0 spiro atoms. The molecule has 38 valence electrons. The molecule has 0 amide bonds. The Bertz CT molecular complexity index is 117. The molecule has 4 nitrogen and oxygen atoms in total. The second kappa shape index (κ2) is 3.41. The van der Waals surface area contributed by atoms with Crippen LogP contribution in [0.15, 0.2) is 0 Å². The van der Waals surface area contributed by atoms with Crippen molar-refractivity contribution in [3.05, 3.63) is 0 Å². The van der Waals surface area contributed by atoms with E-state index in [1.54, 1.807) is 0 Å². The fourth-order valence-electron chi connectivity index (χ4n) is 0. The minimum Gasteiger partial charge on any atom is -0.734 e. The van der Waals surface area contributed by atoms with Crippen LogP contribution in [0.1, 0.15) is 0 Å². The third-order valence-corrected chi connectivity index (χ3v) is 0.283. The normalized spacial score (nSPS) is 10.0. The van der Waals surface area contributed by atoms with Crippen LogP contribution in [0, 0.1) is 0 Å². The van der Waals surface area contributed by atoms with Crippen molar-refractivity contribution in [3.8, 4) is 0 Å². The second-order valence-electron chi connectivity index (χ2n) is 0.531. The van der Waals surface area contributed by atoms with E-state index >= 15 is 0 Å². The molecule has 0 fully saturated rings. The van der Waals surface area contributed by atoms with Gasteiger partial charge in [-0.05, 0) is 0 Å². The van der Waals surface area contributed by atoms with Crippen LogP contribution in [-0.2, 0) is 10.3 Å². The molecule has 0 saturated carbocycles. The summed E-state index contributed by atoms with van der Waals surface area (Å²) >= 11 is 0. The van der Waals surface area contributed by atoms with E-state index in [-0.39, 0.29) is 23.8 Å². The van der Waals surface area contributed by atoms with Crippen molar-refractivity contribution >= 4 is 10.3 Å². The zero-order chi connectivity index (χ0) is 5.21. The molecule has 0 aromatic rings. The summed E-state index contributed by atoms with van der Waals surface area (Å²) in [6, 6.07) is 0. The standard InChI is InChI=1S/FH2NO3S.Li/c1-2-6(3,4)5;/h2H,(H,3,4,5);/q;+1/p-1. The summed E-state index contributed by atoms with van der Waals surface area (Å²) in [7, 11) is -4.83. The Labute approximate surface area is 52.1 Å². The van der Waals surface area contributed by atoms with E-state index in [2.05, 4.69) is 0 Å². The van der Waals surface area contributed by atoms with Gasteiger partial charge in [0.15, 0.2) is 10.3 Å². The summed E-state index contributed by atoms with van der Waals surface area (Å²) in [6.45, 7) is 0. The van der Waals surface area contributed by atoms with Crippen molar-refractivity contribution in [1.29, 1.82) is 0 Å². The summed E-state index contributed by atoms with van der Waals surface area (Å²) < 4.78 is 37.2. The molecule has 0 aliphatic carbocycles. The molecule has 7 heavy (non-hydrogen) atoms. The van der Waals surface area contributed by atoms with E-state index < -0.39 is 10.3 Å². The fourth-order valence-corrected chi connectivity index (χ4v) is 0. The third kappa shape index (κ3) is 10.7. The fraction of sp³-hybridized carbons (Fsp3) is 0. The van der Waals surface area contributed by atoms with Gasteiger partial charge in [-0.1, -0.05) is 4.94 Å². The molecular formula is HFLiNO3S. The van der Waals surface area contributed by atoms with Crippen LogP contribution in [0.3, 0.4) is 0 Å². The first kappa shape index (κ1) is 10.4. The Kier molecular flexibility index (Phi) is 5.06. The van der Waals surface area contributed by atoms with Gasteiger partial charge in [0.2, 0.25) is 0 Å². The Balaban J connectivity index is 0. The molecule has 0 bridgehead atoms. The average molecular weight is 121 g/mol. The summed E-state index contributed by atoms with van der Waals surface area (Å²) in [4.78, 5) is 0.0208. The predicted molar refractivity (Wildman–Crippen MR) is 13.9 cm³/mol.